The number of benzene rings is 3. The van der Waals surface area contributed by atoms with Crippen LogP contribution in [0, 0.1) is 5.82 Å². The molecule has 152 valence electrons. The highest BCUT2D eigenvalue weighted by Gasteiger charge is 2.37. The SMILES string of the molecule is O=C(CN1c2ccc(F)cc2-c2ccccc2S1(=O)=O)N1CCc2ccccc2C1. The van der Waals surface area contributed by atoms with Crippen molar-refractivity contribution in [3.63, 3.8) is 0 Å². The van der Waals surface area contributed by atoms with Crippen molar-refractivity contribution in [2.75, 3.05) is 17.4 Å². The summed E-state index contributed by atoms with van der Waals surface area (Å²) in [5.74, 6) is -0.732. The normalized spacial score (nSPS) is 16.4. The van der Waals surface area contributed by atoms with Gasteiger partial charge < -0.3 is 4.90 Å². The second-order valence-electron chi connectivity index (χ2n) is 7.50. The Kier molecular flexibility index (Phi) is 4.36. The maximum atomic E-state index is 14.0. The molecule has 3 aromatic rings. The molecule has 1 amide bonds. The zero-order valence-electron chi connectivity index (χ0n) is 16.1. The molecular weight excluding hydrogens is 403 g/mol. The standard InChI is InChI=1S/C23H19FN2O3S/c24-18-9-10-21-20(13-18)19-7-3-4-8-22(19)30(28,29)26(21)15-23(27)25-12-11-16-5-1-2-6-17(16)14-25/h1-10,13H,11-12,14-15H2. The summed E-state index contributed by atoms with van der Waals surface area (Å²) < 4.78 is 41.7. The summed E-state index contributed by atoms with van der Waals surface area (Å²) >= 11 is 0. The Hall–Kier alpha value is -3.19. The summed E-state index contributed by atoms with van der Waals surface area (Å²) in [6, 6.07) is 18.4. The van der Waals surface area contributed by atoms with Crippen LogP contribution in [0.25, 0.3) is 11.1 Å². The predicted molar refractivity (Wildman–Crippen MR) is 112 cm³/mol. The van der Waals surface area contributed by atoms with E-state index in [0.29, 0.717) is 29.9 Å². The van der Waals surface area contributed by atoms with Crippen LogP contribution in [-0.2, 0) is 27.8 Å². The van der Waals surface area contributed by atoms with Crippen LogP contribution in [-0.4, -0.2) is 32.3 Å². The lowest BCUT2D eigenvalue weighted by atomic mass is 10.00. The van der Waals surface area contributed by atoms with Crippen LogP contribution < -0.4 is 4.31 Å². The Morgan fingerprint density at radius 3 is 2.50 bits per heavy atom. The van der Waals surface area contributed by atoms with Crippen molar-refractivity contribution < 1.29 is 17.6 Å². The Balaban J connectivity index is 1.51. The maximum Gasteiger partial charge on any atom is 0.265 e. The lowest BCUT2D eigenvalue weighted by Crippen LogP contribution is -2.45. The number of amides is 1. The van der Waals surface area contributed by atoms with Crippen LogP contribution in [0.1, 0.15) is 11.1 Å². The Morgan fingerprint density at radius 1 is 0.933 bits per heavy atom. The second kappa shape index (κ2) is 6.95. The van der Waals surface area contributed by atoms with Gasteiger partial charge in [0.1, 0.15) is 12.4 Å². The summed E-state index contributed by atoms with van der Waals surface area (Å²) in [5.41, 5.74) is 3.52. The minimum Gasteiger partial charge on any atom is -0.336 e. The molecule has 5 nitrogen and oxygen atoms in total. The molecule has 0 aromatic heterocycles. The molecule has 3 aromatic carbocycles. The summed E-state index contributed by atoms with van der Waals surface area (Å²) in [6.45, 7) is 0.670. The number of rotatable bonds is 2. The summed E-state index contributed by atoms with van der Waals surface area (Å²) in [5, 5.41) is 0. The van der Waals surface area contributed by atoms with Gasteiger partial charge in [0.2, 0.25) is 5.91 Å². The van der Waals surface area contributed by atoms with Crippen molar-refractivity contribution in [3.8, 4) is 11.1 Å². The quantitative estimate of drug-likeness (QED) is 0.634. The molecule has 2 aliphatic heterocycles. The van der Waals surface area contributed by atoms with E-state index < -0.39 is 15.8 Å². The highest BCUT2D eigenvalue weighted by atomic mass is 32.2. The molecule has 0 fully saturated rings. The number of anilines is 1. The first-order chi connectivity index (χ1) is 14.4. The highest BCUT2D eigenvalue weighted by molar-refractivity contribution is 7.93. The fourth-order valence-electron chi connectivity index (χ4n) is 4.21. The van der Waals surface area contributed by atoms with Crippen molar-refractivity contribution in [1.29, 1.82) is 0 Å². The molecule has 2 aliphatic rings. The number of fused-ring (bicyclic) bond motifs is 4. The van der Waals surface area contributed by atoms with E-state index >= 15 is 0 Å². The molecule has 0 atom stereocenters. The zero-order chi connectivity index (χ0) is 20.9. The average Bonchev–Trinajstić information content (AvgIpc) is 2.76. The Morgan fingerprint density at radius 2 is 1.67 bits per heavy atom. The fourth-order valence-corrected chi connectivity index (χ4v) is 5.85. The van der Waals surface area contributed by atoms with Crippen LogP contribution >= 0.6 is 0 Å². The van der Waals surface area contributed by atoms with Gasteiger partial charge in [-0.05, 0) is 41.8 Å². The van der Waals surface area contributed by atoms with Crippen molar-refractivity contribution in [2.24, 2.45) is 0 Å². The van der Waals surface area contributed by atoms with Crippen molar-refractivity contribution >= 4 is 21.6 Å². The number of hydrogen-bond donors (Lipinski definition) is 0. The lowest BCUT2D eigenvalue weighted by Gasteiger charge is -2.34. The van der Waals surface area contributed by atoms with Gasteiger partial charge in [-0.3, -0.25) is 9.10 Å². The van der Waals surface area contributed by atoms with Crippen LogP contribution in [0.4, 0.5) is 10.1 Å². The Bertz CT molecular complexity index is 1270. The molecule has 0 saturated heterocycles. The van der Waals surface area contributed by atoms with E-state index in [1.165, 1.54) is 29.8 Å². The van der Waals surface area contributed by atoms with Gasteiger partial charge >= 0.3 is 0 Å². The average molecular weight is 422 g/mol. The van der Waals surface area contributed by atoms with Crippen LogP contribution in [0.3, 0.4) is 0 Å². The van der Waals surface area contributed by atoms with Gasteiger partial charge in [-0.1, -0.05) is 42.5 Å². The summed E-state index contributed by atoms with van der Waals surface area (Å²) in [4.78, 5) is 14.9. The minimum absolute atomic E-state index is 0.0832. The second-order valence-corrected chi connectivity index (χ2v) is 9.33. The molecule has 0 N–H and O–H groups in total. The zero-order valence-corrected chi connectivity index (χ0v) is 16.9. The van der Waals surface area contributed by atoms with Crippen LogP contribution in [0.5, 0.6) is 0 Å². The number of halogens is 1. The first kappa shape index (κ1) is 18.8. The van der Waals surface area contributed by atoms with Crippen LogP contribution in [0.15, 0.2) is 71.6 Å². The predicted octanol–water partition coefficient (Wildman–Crippen LogP) is 3.59. The number of carbonyl (C=O) groups is 1. The van der Waals surface area contributed by atoms with Crippen molar-refractivity contribution in [2.45, 2.75) is 17.9 Å². The molecule has 0 radical (unpaired) electrons. The fraction of sp³-hybridized carbons (Fsp3) is 0.174. The highest BCUT2D eigenvalue weighted by Crippen LogP contribution is 2.43. The van der Waals surface area contributed by atoms with Gasteiger partial charge in [0.15, 0.2) is 0 Å². The molecular formula is C23H19FN2O3S. The topological polar surface area (TPSA) is 57.7 Å². The lowest BCUT2D eigenvalue weighted by molar-refractivity contribution is -0.130. The molecule has 2 heterocycles. The molecule has 5 rings (SSSR count). The van der Waals surface area contributed by atoms with E-state index in [1.807, 2.05) is 24.3 Å². The van der Waals surface area contributed by atoms with Gasteiger partial charge in [-0.2, -0.15) is 0 Å². The third kappa shape index (κ3) is 2.97. The van der Waals surface area contributed by atoms with Gasteiger partial charge in [-0.25, -0.2) is 12.8 Å². The first-order valence-electron chi connectivity index (χ1n) is 9.71. The monoisotopic (exact) mass is 422 g/mol. The van der Waals surface area contributed by atoms with E-state index in [9.17, 15) is 17.6 Å². The number of hydrogen-bond acceptors (Lipinski definition) is 3. The third-order valence-corrected chi connectivity index (χ3v) is 7.55. The molecule has 30 heavy (non-hydrogen) atoms. The molecule has 0 bridgehead atoms. The number of nitrogens with zero attached hydrogens (tertiary/aromatic N) is 2. The van der Waals surface area contributed by atoms with Gasteiger partial charge in [0.05, 0.1) is 10.6 Å². The largest absolute Gasteiger partial charge is 0.336 e. The van der Waals surface area contributed by atoms with Gasteiger partial charge in [0.25, 0.3) is 10.0 Å². The van der Waals surface area contributed by atoms with Crippen molar-refractivity contribution in [3.05, 3.63) is 83.7 Å². The summed E-state index contributed by atoms with van der Waals surface area (Å²) in [6.07, 6.45) is 0.735. The van der Waals surface area contributed by atoms with E-state index in [1.54, 1.807) is 23.1 Å². The van der Waals surface area contributed by atoms with Crippen molar-refractivity contribution in [1.82, 2.24) is 4.90 Å². The number of carbonyl (C=O) groups excluding carboxylic acids is 1. The van der Waals surface area contributed by atoms with E-state index in [0.717, 1.165) is 16.3 Å². The van der Waals surface area contributed by atoms with Crippen LogP contribution in [0.2, 0.25) is 0 Å². The summed E-state index contributed by atoms with van der Waals surface area (Å²) in [7, 11) is -3.94. The first-order valence-corrected chi connectivity index (χ1v) is 11.2. The maximum absolute atomic E-state index is 14.0. The minimum atomic E-state index is -3.94. The molecule has 0 saturated carbocycles. The number of sulfonamides is 1. The van der Waals surface area contributed by atoms with E-state index in [-0.39, 0.29) is 17.3 Å². The molecule has 0 spiro atoms. The van der Waals surface area contributed by atoms with E-state index in [4.69, 9.17) is 0 Å². The Labute approximate surface area is 174 Å². The molecule has 7 heteroatoms. The third-order valence-electron chi connectivity index (χ3n) is 5.73. The van der Waals surface area contributed by atoms with Gasteiger partial charge in [0, 0.05) is 24.2 Å². The van der Waals surface area contributed by atoms with E-state index in [2.05, 4.69) is 0 Å². The molecule has 0 unspecified atom stereocenters. The molecule has 0 aliphatic carbocycles. The smallest absolute Gasteiger partial charge is 0.265 e. The van der Waals surface area contributed by atoms with Gasteiger partial charge in [-0.15, -0.1) is 0 Å².